The fourth-order valence-electron chi connectivity index (χ4n) is 3.42. The van der Waals surface area contributed by atoms with Gasteiger partial charge in [-0.3, -0.25) is 9.59 Å². The van der Waals surface area contributed by atoms with E-state index >= 15 is 0 Å². The van der Waals surface area contributed by atoms with Crippen molar-refractivity contribution in [3.63, 3.8) is 0 Å². The van der Waals surface area contributed by atoms with Gasteiger partial charge in [0.1, 0.15) is 11.5 Å². The monoisotopic (exact) mass is 372 g/mol. The third-order valence-corrected chi connectivity index (χ3v) is 5.09. The Labute approximate surface area is 157 Å². The summed E-state index contributed by atoms with van der Waals surface area (Å²) in [5.41, 5.74) is 2.06. The summed E-state index contributed by atoms with van der Waals surface area (Å²) in [6.07, 6.45) is 3.26. The van der Waals surface area contributed by atoms with Gasteiger partial charge >= 0.3 is 5.97 Å². The van der Waals surface area contributed by atoms with Crippen LogP contribution < -0.4 is 0 Å². The highest BCUT2D eigenvalue weighted by molar-refractivity contribution is 6.04. The van der Waals surface area contributed by atoms with Crippen LogP contribution in [0.5, 0.6) is 0 Å². The Hall–Kier alpha value is -2.83. The van der Waals surface area contributed by atoms with Crippen LogP contribution in [0.15, 0.2) is 22.8 Å². The second-order valence-electron chi connectivity index (χ2n) is 6.96. The molecule has 3 rings (SSSR count). The van der Waals surface area contributed by atoms with Gasteiger partial charge in [-0.1, -0.05) is 0 Å². The largest absolute Gasteiger partial charge is 0.467 e. The molecule has 0 unspecified atom stereocenters. The maximum atomic E-state index is 13.1. The minimum Gasteiger partial charge on any atom is -0.467 e. The maximum Gasteiger partial charge on any atom is 0.354 e. The number of methoxy groups -OCH3 is 1. The fourth-order valence-corrected chi connectivity index (χ4v) is 3.42. The molecule has 7 nitrogen and oxygen atoms in total. The number of nitrogens with zero attached hydrogens (tertiary/aromatic N) is 2. The minimum absolute atomic E-state index is 0.00337. The van der Waals surface area contributed by atoms with Crippen molar-refractivity contribution in [3.05, 3.63) is 46.7 Å². The lowest BCUT2D eigenvalue weighted by Gasteiger charge is -2.21. The highest BCUT2D eigenvalue weighted by Crippen LogP contribution is 2.32. The molecule has 1 amide bonds. The number of ether oxygens (including phenoxy) is 1. The molecule has 0 aliphatic heterocycles. The molecular formula is C20H24N2O5. The van der Waals surface area contributed by atoms with Crippen LogP contribution in [0, 0.1) is 19.8 Å². The van der Waals surface area contributed by atoms with Gasteiger partial charge in [-0.05, 0) is 44.4 Å². The second-order valence-corrected chi connectivity index (χ2v) is 6.96. The molecule has 1 aliphatic carbocycles. The van der Waals surface area contributed by atoms with Gasteiger partial charge in [-0.2, -0.15) is 0 Å². The summed E-state index contributed by atoms with van der Waals surface area (Å²) in [5, 5.41) is 0. The number of Topliss-reactive ketones (excluding diaryl/α,β-unsaturated/α-hetero) is 1. The van der Waals surface area contributed by atoms with Crippen LogP contribution in [0.3, 0.4) is 0 Å². The smallest absolute Gasteiger partial charge is 0.354 e. The van der Waals surface area contributed by atoms with Gasteiger partial charge < -0.3 is 18.6 Å². The molecule has 2 aromatic heterocycles. The molecule has 0 atom stereocenters. The number of carbonyl (C=O) groups excluding carboxylic acids is 3. The molecule has 1 aliphatic rings. The van der Waals surface area contributed by atoms with E-state index in [4.69, 9.17) is 9.15 Å². The maximum absolute atomic E-state index is 13.1. The van der Waals surface area contributed by atoms with Crippen LogP contribution in [0.1, 0.15) is 50.7 Å². The van der Waals surface area contributed by atoms with Crippen LogP contribution >= 0.6 is 0 Å². The minimum atomic E-state index is -0.487. The number of amides is 1. The Morgan fingerprint density at radius 3 is 2.56 bits per heavy atom. The number of furan rings is 1. The van der Waals surface area contributed by atoms with Gasteiger partial charge in [-0.15, -0.1) is 0 Å². The predicted molar refractivity (Wildman–Crippen MR) is 97.4 cm³/mol. The third kappa shape index (κ3) is 3.67. The average Bonchev–Trinajstić information content (AvgIpc) is 3.31. The molecule has 2 heterocycles. The lowest BCUT2D eigenvalue weighted by molar-refractivity contribution is -0.132. The summed E-state index contributed by atoms with van der Waals surface area (Å²) in [5.74, 6) is -0.0842. The van der Waals surface area contributed by atoms with Crippen LogP contribution in [0.25, 0.3) is 0 Å². The van der Waals surface area contributed by atoms with Gasteiger partial charge in [0, 0.05) is 24.2 Å². The summed E-state index contributed by atoms with van der Waals surface area (Å²) in [7, 11) is 3.03. The van der Waals surface area contributed by atoms with Crippen LogP contribution in [0.2, 0.25) is 0 Å². The fraction of sp³-hybridized carbons (Fsp3) is 0.450. The zero-order valence-electron chi connectivity index (χ0n) is 16.1. The van der Waals surface area contributed by atoms with E-state index in [9.17, 15) is 14.4 Å². The van der Waals surface area contributed by atoms with Crippen molar-refractivity contribution in [2.24, 2.45) is 13.0 Å². The molecule has 7 heteroatoms. The molecule has 0 spiro atoms. The quantitative estimate of drug-likeness (QED) is 0.551. The molecule has 0 bridgehead atoms. The van der Waals surface area contributed by atoms with E-state index in [0.29, 0.717) is 28.3 Å². The van der Waals surface area contributed by atoms with Gasteiger partial charge in [0.15, 0.2) is 5.78 Å². The summed E-state index contributed by atoms with van der Waals surface area (Å²) in [4.78, 5) is 39.3. The Morgan fingerprint density at radius 1 is 1.30 bits per heavy atom. The zero-order chi connectivity index (χ0) is 19.7. The third-order valence-electron chi connectivity index (χ3n) is 5.09. The van der Waals surface area contributed by atoms with Gasteiger partial charge in [-0.25, -0.2) is 4.79 Å². The average molecular weight is 372 g/mol. The second kappa shape index (κ2) is 7.42. The molecule has 2 aromatic rings. The Balaban J connectivity index is 1.87. The van der Waals surface area contributed by atoms with Crippen molar-refractivity contribution in [1.29, 1.82) is 0 Å². The van der Waals surface area contributed by atoms with Crippen LogP contribution in [-0.2, 0) is 23.1 Å². The molecule has 0 radical (unpaired) electrons. The van der Waals surface area contributed by atoms with E-state index in [0.717, 1.165) is 12.8 Å². The summed E-state index contributed by atoms with van der Waals surface area (Å²) >= 11 is 0. The highest BCUT2D eigenvalue weighted by Gasteiger charge is 2.35. The first-order valence-electron chi connectivity index (χ1n) is 8.93. The topological polar surface area (TPSA) is 81.8 Å². The molecule has 1 saturated carbocycles. The SMILES string of the molecule is COC(=O)c1c(C)c(C(=O)CN(Cc2ccco2)C(=O)C2CC2)c(C)n1C. The van der Waals surface area contributed by atoms with Crippen LogP contribution in [-0.4, -0.2) is 40.8 Å². The van der Waals surface area contributed by atoms with E-state index in [1.165, 1.54) is 7.11 Å². The van der Waals surface area contributed by atoms with E-state index < -0.39 is 5.97 Å². The number of carbonyl (C=O) groups is 3. The van der Waals surface area contributed by atoms with Gasteiger partial charge in [0.25, 0.3) is 0 Å². The summed E-state index contributed by atoms with van der Waals surface area (Å²) < 4.78 is 11.8. The number of aromatic nitrogens is 1. The molecule has 27 heavy (non-hydrogen) atoms. The van der Waals surface area contributed by atoms with Crippen molar-refractivity contribution in [3.8, 4) is 0 Å². The molecule has 0 saturated heterocycles. The zero-order valence-corrected chi connectivity index (χ0v) is 16.1. The first-order valence-corrected chi connectivity index (χ1v) is 8.93. The Kier molecular flexibility index (Phi) is 5.21. The summed E-state index contributed by atoms with van der Waals surface area (Å²) in [6.45, 7) is 3.71. The number of hydrogen-bond acceptors (Lipinski definition) is 5. The summed E-state index contributed by atoms with van der Waals surface area (Å²) in [6, 6.07) is 3.54. The lowest BCUT2D eigenvalue weighted by Crippen LogP contribution is -2.36. The van der Waals surface area contributed by atoms with Crippen LogP contribution in [0.4, 0.5) is 0 Å². The number of ketones is 1. The Bertz CT molecular complexity index is 875. The lowest BCUT2D eigenvalue weighted by atomic mass is 10.0. The van der Waals surface area contributed by atoms with Crippen molar-refractivity contribution in [2.45, 2.75) is 33.2 Å². The van der Waals surface area contributed by atoms with Crippen molar-refractivity contribution < 1.29 is 23.5 Å². The molecule has 0 aromatic carbocycles. The first-order chi connectivity index (χ1) is 12.8. The molecule has 144 valence electrons. The number of rotatable bonds is 7. The molecular weight excluding hydrogens is 348 g/mol. The number of esters is 1. The van der Waals surface area contributed by atoms with Gasteiger partial charge in [0.05, 0.1) is 26.5 Å². The Morgan fingerprint density at radius 2 is 2.00 bits per heavy atom. The highest BCUT2D eigenvalue weighted by atomic mass is 16.5. The van der Waals surface area contributed by atoms with E-state index in [-0.39, 0.29) is 30.7 Å². The first kappa shape index (κ1) is 18.9. The van der Waals surface area contributed by atoms with Gasteiger partial charge in [0.2, 0.25) is 5.91 Å². The number of hydrogen-bond donors (Lipinski definition) is 0. The van der Waals surface area contributed by atoms with E-state index in [2.05, 4.69) is 0 Å². The normalized spacial score (nSPS) is 13.5. The predicted octanol–water partition coefficient (Wildman–Crippen LogP) is 2.64. The molecule has 0 N–H and O–H groups in total. The van der Waals surface area contributed by atoms with Crippen molar-refractivity contribution in [1.82, 2.24) is 9.47 Å². The van der Waals surface area contributed by atoms with E-state index in [1.54, 1.807) is 48.8 Å². The standard InChI is InChI=1S/C20H24N2O5/c1-12-17(13(2)21(3)18(12)20(25)26-4)16(23)11-22(19(24)14-7-8-14)10-15-6-5-9-27-15/h5-6,9,14H,7-8,10-11H2,1-4H3. The van der Waals surface area contributed by atoms with Crippen molar-refractivity contribution >= 4 is 17.7 Å². The van der Waals surface area contributed by atoms with E-state index in [1.807, 2.05) is 0 Å². The molecule has 1 fully saturated rings. The van der Waals surface area contributed by atoms with Crippen molar-refractivity contribution in [2.75, 3.05) is 13.7 Å².